The average Bonchev–Trinajstić information content (AvgIpc) is 2.75. The Hall–Kier alpha value is -3.07. The summed E-state index contributed by atoms with van der Waals surface area (Å²) in [6.45, 7) is 7.97. The molecule has 0 radical (unpaired) electrons. The van der Waals surface area contributed by atoms with Gasteiger partial charge in [0, 0.05) is 31.3 Å². The van der Waals surface area contributed by atoms with Gasteiger partial charge in [-0.15, -0.1) is 0 Å². The van der Waals surface area contributed by atoms with Gasteiger partial charge >= 0.3 is 0 Å². The molecule has 1 aromatic carbocycles. The molecule has 0 bridgehead atoms. The van der Waals surface area contributed by atoms with E-state index in [0.717, 1.165) is 12.1 Å². The minimum Gasteiger partial charge on any atom is -0.503 e. The van der Waals surface area contributed by atoms with Crippen molar-refractivity contribution in [3.63, 3.8) is 0 Å². The third-order valence-corrected chi connectivity index (χ3v) is 6.86. The highest BCUT2D eigenvalue weighted by molar-refractivity contribution is 6.00. The Bertz CT molecular complexity index is 1230. The van der Waals surface area contributed by atoms with Crippen molar-refractivity contribution in [3.05, 3.63) is 63.1 Å². The van der Waals surface area contributed by atoms with Gasteiger partial charge in [-0.25, -0.2) is 8.78 Å². The highest BCUT2D eigenvalue weighted by atomic mass is 19.1. The number of carbonyl (C=O) groups excluding carboxylic acids is 2. The largest absolute Gasteiger partial charge is 0.503 e. The predicted octanol–water partition coefficient (Wildman–Crippen LogP) is 3.79. The Morgan fingerprint density at radius 1 is 1.20 bits per heavy atom. The van der Waals surface area contributed by atoms with E-state index in [-0.39, 0.29) is 47.9 Å². The zero-order valence-corrected chi connectivity index (χ0v) is 20.3. The van der Waals surface area contributed by atoms with E-state index in [2.05, 4.69) is 0 Å². The van der Waals surface area contributed by atoms with E-state index in [1.54, 1.807) is 9.47 Å². The van der Waals surface area contributed by atoms with Crippen molar-refractivity contribution in [1.29, 1.82) is 0 Å². The number of halogens is 2. The maximum Gasteiger partial charge on any atom is 0.274 e. The van der Waals surface area contributed by atoms with Crippen LogP contribution in [0.2, 0.25) is 0 Å². The number of benzene rings is 1. The fourth-order valence-corrected chi connectivity index (χ4v) is 5.10. The lowest BCUT2D eigenvalue weighted by molar-refractivity contribution is -0.110. The number of hydrogen-bond donors (Lipinski definition) is 1. The number of carbonyl (C=O) groups is 2. The van der Waals surface area contributed by atoms with Gasteiger partial charge in [0.2, 0.25) is 5.43 Å². The molecule has 1 aliphatic carbocycles. The molecule has 1 amide bonds. The van der Waals surface area contributed by atoms with Crippen LogP contribution in [-0.4, -0.2) is 51.1 Å². The topological polar surface area (TPSA) is 88.8 Å². The van der Waals surface area contributed by atoms with Gasteiger partial charge in [-0.2, -0.15) is 0 Å². The number of ketones is 1. The summed E-state index contributed by atoms with van der Waals surface area (Å²) in [7, 11) is 0. The molecule has 4 rings (SSSR count). The summed E-state index contributed by atoms with van der Waals surface area (Å²) in [6.07, 6.45) is 2.21. The molecule has 188 valence electrons. The molecule has 2 aromatic rings. The van der Waals surface area contributed by atoms with Crippen molar-refractivity contribution in [2.24, 2.45) is 0 Å². The van der Waals surface area contributed by atoms with E-state index in [9.17, 15) is 28.3 Å². The lowest BCUT2D eigenvalue weighted by Crippen LogP contribution is -2.63. The smallest absolute Gasteiger partial charge is 0.274 e. The predicted molar refractivity (Wildman–Crippen MR) is 125 cm³/mol. The minimum absolute atomic E-state index is 0.0228. The highest BCUT2D eigenvalue weighted by Gasteiger charge is 2.53. The number of aromatic nitrogens is 1. The third kappa shape index (κ3) is 4.49. The lowest BCUT2D eigenvalue weighted by atomic mass is 9.71. The maximum absolute atomic E-state index is 14.0. The molecular formula is C26H30F2N2O5. The van der Waals surface area contributed by atoms with Crippen LogP contribution in [0.1, 0.15) is 73.4 Å². The zero-order valence-electron chi connectivity index (χ0n) is 20.3. The summed E-state index contributed by atoms with van der Waals surface area (Å²) in [5.41, 5.74) is -1.78. The van der Waals surface area contributed by atoms with Crippen molar-refractivity contribution >= 4 is 11.7 Å². The van der Waals surface area contributed by atoms with Gasteiger partial charge < -0.3 is 19.3 Å². The first-order valence-corrected chi connectivity index (χ1v) is 11.9. The van der Waals surface area contributed by atoms with Crippen LogP contribution in [0.3, 0.4) is 0 Å². The van der Waals surface area contributed by atoms with Crippen LogP contribution < -0.4 is 5.43 Å². The standard InChI is InChI=1S/C26H30F2N2O5/c1-14(2)29-13-26(10-18(11-26)35-15(3)4)30-12-19(23(32)24(33)22(30)25(29)34)21(31)8-6-16-5-7-17(27)9-20(16)28/h5,7,9,12,14-15,18,33H,6,8,10-11,13H2,1-4H3. The Kier molecular flexibility index (Phi) is 6.57. The molecule has 1 spiro atoms. The molecule has 0 unspecified atom stereocenters. The molecule has 35 heavy (non-hydrogen) atoms. The van der Waals surface area contributed by atoms with Gasteiger partial charge in [0.05, 0.1) is 23.3 Å². The summed E-state index contributed by atoms with van der Waals surface area (Å²) < 4.78 is 34.7. The van der Waals surface area contributed by atoms with Crippen molar-refractivity contribution < 1.29 is 28.2 Å². The Balaban J connectivity index is 1.70. The summed E-state index contributed by atoms with van der Waals surface area (Å²) in [5, 5.41) is 10.8. The van der Waals surface area contributed by atoms with Gasteiger partial charge in [-0.1, -0.05) is 6.07 Å². The SMILES string of the molecule is CC(C)OC1CC2(C1)CN(C(C)C)C(=O)c1c(O)c(=O)c(C(=O)CCc3ccc(F)cc3F)cn12. The van der Waals surface area contributed by atoms with Gasteiger partial charge in [0.1, 0.15) is 11.6 Å². The van der Waals surface area contributed by atoms with E-state index in [0.29, 0.717) is 19.4 Å². The van der Waals surface area contributed by atoms with E-state index in [1.807, 2.05) is 27.7 Å². The number of aryl methyl sites for hydroxylation is 1. The second-order valence-corrected chi connectivity index (χ2v) is 10.1. The van der Waals surface area contributed by atoms with Crippen LogP contribution in [0.15, 0.2) is 29.2 Å². The molecule has 1 N–H and O–H groups in total. The minimum atomic E-state index is -0.927. The van der Waals surface area contributed by atoms with Crippen molar-refractivity contribution in [2.75, 3.05) is 6.54 Å². The zero-order chi connectivity index (χ0) is 25.7. The molecule has 1 aliphatic heterocycles. The molecule has 1 aromatic heterocycles. The van der Waals surface area contributed by atoms with Crippen LogP contribution >= 0.6 is 0 Å². The van der Waals surface area contributed by atoms with Crippen LogP contribution in [0.5, 0.6) is 5.75 Å². The van der Waals surface area contributed by atoms with E-state index in [4.69, 9.17) is 4.74 Å². The summed E-state index contributed by atoms with van der Waals surface area (Å²) in [6, 6.07) is 2.94. The summed E-state index contributed by atoms with van der Waals surface area (Å²) in [5.74, 6) is -3.31. The number of aromatic hydroxyl groups is 1. The average molecular weight is 489 g/mol. The fourth-order valence-electron chi connectivity index (χ4n) is 5.10. The number of hydrogen-bond acceptors (Lipinski definition) is 5. The van der Waals surface area contributed by atoms with Crippen molar-refractivity contribution in [2.45, 2.75) is 77.2 Å². The second kappa shape index (κ2) is 9.18. The van der Waals surface area contributed by atoms with Gasteiger partial charge in [-0.05, 0) is 58.6 Å². The Labute approximate surface area is 202 Å². The normalized spacial score (nSPS) is 21.5. The first-order valence-electron chi connectivity index (χ1n) is 11.9. The fraction of sp³-hybridized carbons (Fsp3) is 0.500. The Morgan fingerprint density at radius 2 is 1.89 bits per heavy atom. The second-order valence-electron chi connectivity index (χ2n) is 10.1. The number of amides is 1. The monoisotopic (exact) mass is 488 g/mol. The van der Waals surface area contributed by atoms with Crippen LogP contribution in [0.25, 0.3) is 0 Å². The molecule has 1 saturated carbocycles. The number of Topliss-reactive ketones (excluding diaryl/α,β-unsaturated/α-hetero) is 1. The molecule has 0 atom stereocenters. The highest BCUT2D eigenvalue weighted by Crippen LogP contribution is 2.46. The third-order valence-electron chi connectivity index (χ3n) is 6.86. The van der Waals surface area contributed by atoms with Crippen LogP contribution in [-0.2, 0) is 16.7 Å². The number of pyridine rings is 1. The van der Waals surface area contributed by atoms with E-state index < -0.39 is 40.0 Å². The van der Waals surface area contributed by atoms with Gasteiger partial charge in [0.25, 0.3) is 5.91 Å². The summed E-state index contributed by atoms with van der Waals surface area (Å²) >= 11 is 0. The quantitative estimate of drug-likeness (QED) is 0.599. The number of fused-ring (bicyclic) bond motifs is 2. The number of rotatable bonds is 7. The van der Waals surface area contributed by atoms with Crippen LogP contribution in [0.4, 0.5) is 8.78 Å². The number of ether oxygens (including phenoxy) is 1. The Morgan fingerprint density at radius 3 is 2.49 bits per heavy atom. The van der Waals surface area contributed by atoms with Crippen LogP contribution in [0, 0.1) is 11.6 Å². The molecular weight excluding hydrogens is 458 g/mol. The van der Waals surface area contributed by atoms with E-state index >= 15 is 0 Å². The number of nitrogens with zero attached hydrogens (tertiary/aromatic N) is 2. The molecule has 2 heterocycles. The maximum atomic E-state index is 14.0. The molecule has 9 heteroatoms. The molecule has 2 aliphatic rings. The van der Waals surface area contributed by atoms with Crippen molar-refractivity contribution in [3.8, 4) is 5.75 Å². The molecule has 0 saturated heterocycles. The van der Waals surface area contributed by atoms with E-state index in [1.165, 1.54) is 12.3 Å². The van der Waals surface area contributed by atoms with Gasteiger partial charge in [-0.3, -0.25) is 14.4 Å². The van der Waals surface area contributed by atoms with Gasteiger partial charge in [0.15, 0.2) is 17.2 Å². The molecule has 7 nitrogen and oxygen atoms in total. The first kappa shape index (κ1) is 25.0. The lowest BCUT2D eigenvalue weighted by Gasteiger charge is -2.55. The molecule has 1 fully saturated rings. The first-order chi connectivity index (χ1) is 16.4. The van der Waals surface area contributed by atoms with Crippen molar-refractivity contribution in [1.82, 2.24) is 9.47 Å². The summed E-state index contributed by atoms with van der Waals surface area (Å²) in [4.78, 5) is 40.8.